The molecule has 1 nitrogen and oxygen atoms in total. The molecule has 0 radical (unpaired) electrons. The Morgan fingerprint density at radius 3 is 2.23 bits per heavy atom. The summed E-state index contributed by atoms with van der Waals surface area (Å²) in [6.45, 7) is 4.71. The van der Waals surface area contributed by atoms with Gasteiger partial charge >= 0.3 is 0 Å². The van der Waals surface area contributed by atoms with Crippen molar-refractivity contribution in [1.82, 2.24) is 5.32 Å². The van der Waals surface area contributed by atoms with Crippen molar-refractivity contribution in [3.05, 3.63) is 0 Å². The van der Waals surface area contributed by atoms with Gasteiger partial charge in [-0.1, -0.05) is 13.3 Å². The SMILES string of the molecule is CCC(NC(C)C1CCC1)C1CC1. The van der Waals surface area contributed by atoms with Crippen LogP contribution in [0.15, 0.2) is 0 Å². The molecule has 2 rings (SSSR count). The van der Waals surface area contributed by atoms with Crippen LogP contribution in [0.4, 0.5) is 0 Å². The van der Waals surface area contributed by atoms with Gasteiger partial charge in [0.1, 0.15) is 0 Å². The zero-order valence-electron chi connectivity index (χ0n) is 9.05. The Morgan fingerprint density at radius 2 is 1.85 bits per heavy atom. The topological polar surface area (TPSA) is 12.0 Å². The van der Waals surface area contributed by atoms with E-state index in [0.29, 0.717) is 0 Å². The third-order valence-corrected chi connectivity index (χ3v) is 3.96. The minimum absolute atomic E-state index is 0.777. The van der Waals surface area contributed by atoms with Crippen LogP contribution in [0.25, 0.3) is 0 Å². The third kappa shape index (κ3) is 2.25. The molecule has 0 aromatic carbocycles. The number of hydrogen-bond donors (Lipinski definition) is 1. The van der Waals surface area contributed by atoms with Crippen LogP contribution >= 0.6 is 0 Å². The molecule has 1 N–H and O–H groups in total. The summed E-state index contributed by atoms with van der Waals surface area (Å²) < 4.78 is 0. The molecule has 2 atom stereocenters. The molecular weight excluding hydrogens is 158 g/mol. The Kier molecular flexibility index (Phi) is 2.92. The maximum atomic E-state index is 3.83. The highest BCUT2D eigenvalue weighted by molar-refractivity contribution is 4.89. The lowest BCUT2D eigenvalue weighted by molar-refractivity contribution is 0.219. The molecule has 2 saturated carbocycles. The number of hydrogen-bond acceptors (Lipinski definition) is 1. The summed E-state index contributed by atoms with van der Waals surface area (Å²) in [7, 11) is 0. The average molecular weight is 181 g/mol. The first kappa shape index (κ1) is 9.51. The van der Waals surface area contributed by atoms with Crippen LogP contribution in [0.5, 0.6) is 0 Å². The molecule has 0 saturated heterocycles. The smallest absolute Gasteiger partial charge is 0.00952 e. The Balaban J connectivity index is 1.73. The van der Waals surface area contributed by atoms with Crippen molar-refractivity contribution in [3.8, 4) is 0 Å². The van der Waals surface area contributed by atoms with Crippen LogP contribution in [0, 0.1) is 11.8 Å². The van der Waals surface area contributed by atoms with Gasteiger partial charge in [-0.15, -0.1) is 0 Å². The van der Waals surface area contributed by atoms with Gasteiger partial charge in [0, 0.05) is 12.1 Å². The van der Waals surface area contributed by atoms with Crippen molar-refractivity contribution in [2.24, 2.45) is 11.8 Å². The highest BCUT2D eigenvalue weighted by Crippen LogP contribution is 2.36. The van der Waals surface area contributed by atoms with Gasteiger partial charge in [0.15, 0.2) is 0 Å². The number of rotatable bonds is 5. The fourth-order valence-corrected chi connectivity index (χ4v) is 2.50. The van der Waals surface area contributed by atoms with Crippen molar-refractivity contribution in [3.63, 3.8) is 0 Å². The molecular formula is C12H23N. The maximum Gasteiger partial charge on any atom is 0.00952 e. The monoisotopic (exact) mass is 181 g/mol. The lowest BCUT2D eigenvalue weighted by Gasteiger charge is -2.34. The van der Waals surface area contributed by atoms with Crippen LogP contribution in [0.3, 0.4) is 0 Å². The summed E-state index contributed by atoms with van der Waals surface area (Å²) >= 11 is 0. The molecule has 0 heterocycles. The third-order valence-electron chi connectivity index (χ3n) is 3.96. The van der Waals surface area contributed by atoms with E-state index in [0.717, 1.165) is 23.9 Å². The molecule has 2 aliphatic rings. The zero-order valence-corrected chi connectivity index (χ0v) is 9.05. The average Bonchev–Trinajstić information content (AvgIpc) is 2.79. The molecule has 0 aromatic rings. The zero-order chi connectivity index (χ0) is 9.26. The quantitative estimate of drug-likeness (QED) is 0.687. The highest BCUT2D eigenvalue weighted by atomic mass is 15.0. The van der Waals surface area contributed by atoms with Crippen LogP contribution in [-0.4, -0.2) is 12.1 Å². The molecule has 0 aliphatic heterocycles. The van der Waals surface area contributed by atoms with Crippen LogP contribution < -0.4 is 5.32 Å². The minimum Gasteiger partial charge on any atom is -0.311 e. The molecule has 0 bridgehead atoms. The lowest BCUT2D eigenvalue weighted by atomic mass is 9.80. The first-order chi connectivity index (χ1) is 6.31. The van der Waals surface area contributed by atoms with Gasteiger partial charge in [-0.2, -0.15) is 0 Å². The Hall–Kier alpha value is -0.0400. The van der Waals surface area contributed by atoms with Crippen molar-refractivity contribution in [2.75, 3.05) is 0 Å². The van der Waals surface area contributed by atoms with Gasteiger partial charge in [-0.25, -0.2) is 0 Å². The lowest BCUT2D eigenvalue weighted by Crippen LogP contribution is -2.43. The summed E-state index contributed by atoms with van der Waals surface area (Å²) in [6, 6.07) is 1.61. The van der Waals surface area contributed by atoms with Gasteiger partial charge in [-0.3, -0.25) is 0 Å². The highest BCUT2D eigenvalue weighted by Gasteiger charge is 2.32. The van der Waals surface area contributed by atoms with E-state index in [-0.39, 0.29) is 0 Å². The molecule has 0 aromatic heterocycles. The van der Waals surface area contributed by atoms with E-state index in [9.17, 15) is 0 Å². The van der Waals surface area contributed by atoms with Crippen LogP contribution in [0.2, 0.25) is 0 Å². The molecule has 1 heteroatoms. The van der Waals surface area contributed by atoms with Gasteiger partial charge in [-0.05, 0) is 50.9 Å². The van der Waals surface area contributed by atoms with Crippen molar-refractivity contribution in [1.29, 1.82) is 0 Å². The van der Waals surface area contributed by atoms with Gasteiger partial charge in [0.05, 0.1) is 0 Å². The first-order valence-electron chi connectivity index (χ1n) is 6.07. The van der Waals surface area contributed by atoms with E-state index in [1.54, 1.807) is 0 Å². The summed E-state index contributed by atoms with van der Waals surface area (Å²) in [5.41, 5.74) is 0. The molecule has 2 fully saturated rings. The van der Waals surface area contributed by atoms with E-state index in [4.69, 9.17) is 0 Å². The molecule has 0 amide bonds. The second-order valence-corrected chi connectivity index (χ2v) is 5.00. The second-order valence-electron chi connectivity index (χ2n) is 5.00. The largest absolute Gasteiger partial charge is 0.311 e. The molecule has 0 spiro atoms. The van der Waals surface area contributed by atoms with E-state index < -0.39 is 0 Å². The molecule has 13 heavy (non-hydrogen) atoms. The Bertz CT molecular complexity index is 159. The van der Waals surface area contributed by atoms with Gasteiger partial charge < -0.3 is 5.32 Å². The normalized spacial score (nSPS) is 28.2. The predicted molar refractivity (Wildman–Crippen MR) is 56.7 cm³/mol. The summed E-state index contributed by atoms with van der Waals surface area (Å²) in [5, 5.41) is 3.83. The van der Waals surface area contributed by atoms with E-state index in [1.807, 2.05) is 0 Å². The maximum absolute atomic E-state index is 3.83. The predicted octanol–water partition coefficient (Wildman–Crippen LogP) is 2.95. The van der Waals surface area contributed by atoms with Crippen LogP contribution in [-0.2, 0) is 0 Å². The molecule has 2 aliphatic carbocycles. The van der Waals surface area contributed by atoms with Gasteiger partial charge in [0.2, 0.25) is 0 Å². The molecule has 2 unspecified atom stereocenters. The van der Waals surface area contributed by atoms with Crippen molar-refractivity contribution in [2.45, 2.75) is 64.5 Å². The van der Waals surface area contributed by atoms with Crippen molar-refractivity contribution < 1.29 is 0 Å². The van der Waals surface area contributed by atoms with Gasteiger partial charge in [0.25, 0.3) is 0 Å². The van der Waals surface area contributed by atoms with E-state index in [2.05, 4.69) is 19.2 Å². The summed E-state index contributed by atoms with van der Waals surface area (Å²) in [6.07, 6.45) is 8.68. The summed E-state index contributed by atoms with van der Waals surface area (Å²) in [4.78, 5) is 0. The number of nitrogens with one attached hydrogen (secondary N) is 1. The second kappa shape index (κ2) is 4.00. The fraction of sp³-hybridized carbons (Fsp3) is 1.00. The Morgan fingerprint density at radius 1 is 1.15 bits per heavy atom. The van der Waals surface area contributed by atoms with E-state index >= 15 is 0 Å². The van der Waals surface area contributed by atoms with Crippen LogP contribution in [0.1, 0.15) is 52.4 Å². The standard InChI is InChI=1S/C12H23N/c1-3-12(11-7-8-11)13-9(2)10-5-4-6-10/h9-13H,3-8H2,1-2H3. The van der Waals surface area contributed by atoms with E-state index in [1.165, 1.54) is 38.5 Å². The fourth-order valence-electron chi connectivity index (χ4n) is 2.50. The van der Waals surface area contributed by atoms with Crippen molar-refractivity contribution >= 4 is 0 Å². The minimum atomic E-state index is 0.777. The molecule has 76 valence electrons. The summed E-state index contributed by atoms with van der Waals surface area (Å²) in [5.74, 6) is 2.01. The Labute approximate surface area is 82.3 Å². The first-order valence-corrected chi connectivity index (χ1v) is 6.07.